The summed E-state index contributed by atoms with van der Waals surface area (Å²) < 4.78 is 6.42. The van der Waals surface area contributed by atoms with Crippen molar-refractivity contribution in [2.24, 2.45) is 0 Å². The van der Waals surface area contributed by atoms with Crippen LogP contribution < -0.4 is 10.1 Å². The summed E-state index contributed by atoms with van der Waals surface area (Å²) in [4.78, 5) is 22.8. The summed E-state index contributed by atoms with van der Waals surface area (Å²) in [6.07, 6.45) is 1.43. The number of benzene rings is 2. The lowest BCUT2D eigenvalue weighted by atomic mass is 10.1. The van der Waals surface area contributed by atoms with E-state index >= 15 is 0 Å². The molecule has 2 aromatic carbocycles. The highest BCUT2D eigenvalue weighted by molar-refractivity contribution is 9.10. The SMILES string of the molecule is N#CC(=Cc1ccc(OCC(=O)O)c(Br)c1)C(=O)Nc1cccc(Br)c1. The average molecular weight is 480 g/mol. The molecule has 0 spiro atoms. The molecule has 26 heavy (non-hydrogen) atoms. The van der Waals surface area contributed by atoms with E-state index < -0.39 is 18.5 Å². The summed E-state index contributed by atoms with van der Waals surface area (Å²) in [5.41, 5.74) is 1.07. The second-order valence-corrected chi connectivity index (χ2v) is 6.78. The van der Waals surface area contributed by atoms with Crippen LogP contribution in [0, 0.1) is 11.3 Å². The zero-order valence-corrected chi connectivity index (χ0v) is 16.4. The van der Waals surface area contributed by atoms with Crippen molar-refractivity contribution in [2.45, 2.75) is 0 Å². The summed E-state index contributed by atoms with van der Waals surface area (Å²) in [6, 6.07) is 13.7. The monoisotopic (exact) mass is 478 g/mol. The van der Waals surface area contributed by atoms with Crippen molar-refractivity contribution in [2.75, 3.05) is 11.9 Å². The summed E-state index contributed by atoms with van der Waals surface area (Å²) in [7, 11) is 0. The third-order valence-corrected chi connectivity index (χ3v) is 4.18. The first-order valence-electron chi connectivity index (χ1n) is 7.22. The third kappa shape index (κ3) is 5.72. The number of nitriles is 1. The predicted molar refractivity (Wildman–Crippen MR) is 104 cm³/mol. The molecule has 0 radical (unpaired) electrons. The molecule has 8 heteroatoms. The van der Waals surface area contributed by atoms with E-state index in [-0.39, 0.29) is 5.57 Å². The molecule has 2 aromatic rings. The highest BCUT2D eigenvalue weighted by atomic mass is 79.9. The van der Waals surface area contributed by atoms with E-state index in [0.717, 1.165) is 4.47 Å². The van der Waals surface area contributed by atoms with E-state index in [4.69, 9.17) is 9.84 Å². The summed E-state index contributed by atoms with van der Waals surface area (Å²) in [6.45, 7) is -0.466. The molecule has 0 saturated heterocycles. The van der Waals surface area contributed by atoms with Gasteiger partial charge in [0.1, 0.15) is 17.4 Å². The van der Waals surface area contributed by atoms with Crippen molar-refractivity contribution in [3.63, 3.8) is 0 Å². The third-order valence-electron chi connectivity index (χ3n) is 3.07. The maximum atomic E-state index is 12.3. The molecule has 2 rings (SSSR count). The molecule has 0 saturated carbocycles. The summed E-state index contributed by atoms with van der Waals surface area (Å²) >= 11 is 6.58. The molecular weight excluding hydrogens is 468 g/mol. The van der Waals surface area contributed by atoms with E-state index in [2.05, 4.69) is 37.2 Å². The van der Waals surface area contributed by atoms with Crippen LogP contribution in [0.2, 0.25) is 0 Å². The van der Waals surface area contributed by atoms with Crippen molar-refractivity contribution in [3.8, 4) is 11.8 Å². The number of rotatable bonds is 6. The minimum absolute atomic E-state index is 0.0731. The molecule has 0 heterocycles. The molecule has 0 bridgehead atoms. The molecule has 0 unspecified atom stereocenters. The molecule has 1 amide bonds. The Bertz CT molecular complexity index is 920. The number of carboxylic acid groups (broad SMARTS) is 1. The van der Waals surface area contributed by atoms with Gasteiger partial charge in [0.15, 0.2) is 6.61 Å². The largest absolute Gasteiger partial charge is 0.481 e. The van der Waals surface area contributed by atoms with Crippen LogP contribution in [0.5, 0.6) is 5.75 Å². The van der Waals surface area contributed by atoms with Gasteiger partial charge in [-0.1, -0.05) is 28.1 Å². The number of anilines is 1. The lowest BCUT2D eigenvalue weighted by Crippen LogP contribution is -2.13. The fourth-order valence-corrected chi connectivity index (χ4v) is 2.85. The number of nitrogens with zero attached hydrogens (tertiary/aromatic N) is 1. The first kappa shape index (κ1) is 19.7. The van der Waals surface area contributed by atoms with E-state index in [1.165, 1.54) is 6.08 Å². The van der Waals surface area contributed by atoms with Gasteiger partial charge in [0, 0.05) is 10.2 Å². The highest BCUT2D eigenvalue weighted by Gasteiger charge is 2.11. The minimum atomic E-state index is -1.09. The maximum Gasteiger partial charge on any atom is 0.341 e. The number of hydrogen-bond donors (Lipinski definition) is 2. The van der Waals surface area contributed by atoms with Crippen molar-refractivity contribution < 1.29 is 19.4 Å². The Morgan fingerprint density at radius 2 is 2.00 bits per heavy atom. The summed E-state index contributed by atoms with van der Waals surface area (Å²) in [5, 5.41) is 20.6. The number of carboxylic acids is 1. The van der Waals surface area contributed by atoms with Gasteiger partial charge in [-0.05, 0) is 57.9 Å². The first-order valence-corrected chi connectivity index (χ1v) is 8.80. The molecule has 6 nitrogen and oxygen atoms in total. The van der Waals surface area contributed by atoms with E-state index in [0.29, 0.717) is 21.5 Å². The molecule has 2 N–H and O–H groups in total. The Morgan fingerprint density at radius 3 is 2.62 bits per heavy atom. The smallest absolute Gasteiger partial charge is 0.341 e. The van der Waals surface area contributed by atoms with Crippen molar-refractivity contribution in [1.29, 1.82) is 5.26 Å². The fourth-order valence-electron chi connectivity index (χ4n) is 1.94. The second-order valence-electron chi connectivity index (χ2n) is 5.01. The number of ether oxygens (including phenoxy) is 1. The Hall–Kier alpha value is -2.63. The number of halogens is 2. The standard InChI is InChI=1S/C18H12Br2N2O4/c19-13-2-1-3-14(8-13)22-18(25)12(9-21)6-11-4-5-16(15(20)7-11)26-10-17(23)24/h1-8H,10H2,(H,22,25)(H,23,24). The van der Waals surface area contributed by atoms with Gasteiger partial charge in [-0.2, -0.15) is 5.26 Å². The summed E-state index contributed by atoms with van der Waals surface area (Å²) in [5.74, 6) is -1.27. The van der Waals surface area contributed by atoms with Gasteiger partial charge in [0.25, 0.3) is 5.91 Å². The normalized spacial score (nSPS) is 10.7. The predicted octanol–water partition coefficient (Wildman–Crippen LogP) is 4.22. The molecule has 0 aliphatic heterocycles. The van der Waals surface area contributed by atoms with E-state index in [1.54, 1.807) is 36.4 Å². The Kier molecular flexibility index (Phi) is 6.95. The van der Waals surface area contributed by atoms with Crippen LogP contribution in [0.15, 0.2) is 57.0 Å². The van der Waals surface area contributed by atoms with Crippen molar-refractivity contribution >= 4 is 55.5 Å². The topological polar surface area (TPSA) is 99.4 Å². The van der Waals surface area contributed by atoms with Crippen LogP contribution in [0.25, 0.3) is 6.08 Å². The highest BCUT2D eigenvalue weighted by Crippen LogP contribution is 2.27. The molecule has 0 aliphatic rings. The Balaban J connectivity index is 2.17. The molecule has 0 aliphatic carbocycles. The minimum Gasteiger partial charge on any atom is -0.481 e. The lowest BCUT2D eigenvalue weighted by Gasteiger charge is -2.07. The van der Waals surface area contributed by atoms with Gasteiger partial charge < -0.3 is 15.2 Å². The average Bonchev–Trinajstić information content (AvgIpc) is 2.58. The maximum absolute atomic E-state index is 12.3. The zero-order chi connectivity index (χ0) is 19.1. The number of nitrogens with one attached hydrogen (secondary N) is 1. The quantitative estimate of drug-likeness (QED) is 0.477. The van der Waals surface area contributed by atoms with Crippen LogP contribution in [0.4, 0.5) is 5.69 Å². The molecule has 132 valence electrons. The van der Waals surface area contributed by atoms with Gasteiger partial charge in [-0.15, -0.1) is 0 Å². The number of carbonyl (C=O) groups excluding carboxylic acids is 1. The number of carbonyl (C=O) groups is 2. The van der Waals surface area contributed by atoms with E-state index in [1.807, 2.05) is 12.1 Å². The first-order chi connectivity index (χ1) is 12.4. The van der Waals surface area contributed by atoms with Crippen LogP contribution in [0.3, 0.4) is 0 Å². The van der Waals surface area contributed by atoms with Crippen molar-refractivity contribution in [1.82, 2.24) is 0 Å². The number of hydrogen-bond acceptors (Lipinski definition) is 4. The van der Waals surface area contributed by atoms with Crippen LogP contribution in [0.1, 0.15) is 5.56 Å². The van der Waals surface area contributed by atoms with E-state index in [9.17, 15) is 14.9 Å². The molecule has 0 atom stereocenters. The molecule has 0 fully saturated rings. The number of amides is 1. The zero-order valence-electron chi connectivity index (χ0n) is 13.2. The van der Waals surface area contributed by atoms with Gasteiger partial charge in [0.2, 0.25) is 0 Å². The van der Waals surface area contributed by atoms with Gasteiger partial charge in [0.05, 0.1) is 4.47 Å². The fraction of sp³-hybridized carbons (Fsp3) is 0.0556. The lowest BCUT2D eigenvalue weighted by molar-refractivity contribution is -0.139. The van der Waals surface area contributed by atoms with Crippen LogP contribution in [-0.4, -0.2) is 23.6 Å². The van der Waals surface area contributed by atoms with Gasteiger partial charge in [-0.3, -0.25) is 4.79 Å². The molecular formula is C18H12Br2N2O4. The second kappa shape index (κ2) is 9.17. The van der Waals surface area contributed by atoms with Crippen molar-refractivity contribution in [3.05, 3.63) is 62.5 Å². The Labute approximate surface area is 166 Å². The number of aliphatic carboxylic acids is 1. The Morgan fingerprint density at radius 1 is 1.23 bits per heavy atom. The van der Waals surface area contributed by atoms with Crippen LogP contribution in [-0.2, 0) is 9.59 Å². The molecule has 0 aromatic heterocycles. The van der Waals surface area contributed by atoms with Gasteiger partial charge in [-0.25, -0.2) is 4.79 Å². The van der Waals surface area contributed by atoms with Gasteiger partial charge >= 0.3 is 5.97 Å². The van der Waals surface area contributed by atoms with Crippen LogP contribution >= 0.6 is 31.9 Å².